The number of rotatable bonds is 4. The Hall–Kier alpha value is -1.85. The quantitative estimate of drug-likeness (QED) is 0.781. The number of halogens is 3. The van der Waals surface area contributed by atoms with E-state index in [2.05, 4.69) is 4.74 Å². The second-order valence-corrected chi connectivity index (χ2v) is 3.61. The highest BCUT2D eigenvalue weighted by molar-refractivity contribution is 5.89. The molecule has 18 heavy (non-hydrogen) atoms. The van der Waals surface area contributed by atoms with E-state index in [0.717, 1.165) is 0 Å². The van der Waals surface area contributed by atoms with E-state index in [1.807, 2.05) is 0 Å². The molecule has 0 heterocycles. The van der Waals surface area contributed by atoms with Crippen LogP contribution in [0.4, 0.5) is 13.2 Å². The topological polar surface area (TPSA) is 43.4 Å². The van der Waals surface area contributed by atoms with E-state index >= 15 is 0 Å². The van der Waals surface area contributed by atoms with Crippen LogP contribution in [0, 0.1) is 0 Å². The number of methoxy groups -OCH3 is 1. The smallest absolute Gasteiger partial charge is 0.449 e. The van der Waals surface area contributed by atoms with Crippen molar-refractivity contribution in [1.82, 2.24) is 0 Å². The number of benzene rings is 1. The van der Waals surface area contributed by atoms with Gasteiger partial charge in [0.15, 0.2) is 0 Å². The Morgan fingerprint density at radius 2 is 1.72 bits per heavy atom. The molecule has 0 spiro atoms. The van der Waals surface area contributed by atoms with Gasteiger partial charge in [0.1, 0.15) is 0 Å². The van der Waals surface area contributed by atoms with Gasteiger partial charge in [0.2, 0.25) is 5.78 Å². The Morgan fingerprint density at radius 3 is 2.17 bits per heavy atom. The maximum Gasteiger partial charge on any atom is 0.449 e. The number of hydrogen-bond acceptors (Lipinski definition) is 3. The van der Waals surface area contributed by atoms with E-state index in [-0.39, 0.29) is 6.42 Å². The van der Waals surface area contributed by atoms with Crippen molar-refractivity contribution in [2.24, 2.45) is 0 Å². The lowest BCUT2D eigenvalue weighted by Gasteiger charge is -2.05. The summed E-state index contributed by atoms with van der Waals surface area (Å²) in [5.74, 6) is -2.27. The van der Waals surface area contributed by atoms with Crippen molar-refractivity contribution >= 4 is 11.8 Å². The molecule has 1 rings (SSSR count). The van der Waals surface area contributed by atoms with Crippen LogP contribution in [0.3, 0.4) is 0 Å². The molecule has 98 valence electrons. The summed E-state index contributed by atoms with van der Waals surface area (Å²) in [7, 11) is 1.23. The van der Waals surface area contributed by atoms with Gasteiger partial charge >= 0.3 is 12.1 Å². The fourth-order valence-electron chi connectivity index (χ4n) is 1.32. The van der Waals surface area contributed by atoms with Crippen LogP contribution in [0.2, 0.25) is 0 Å². The van der Waals surface area contributed by atoms with Crippen molar-refractivity contribution in [3.8, 4) is 0 Å². The lowest BCUT2D eigenvalue weighted by atomic mass is 10.1. The molecule has 6 heteroatoms. The van der Waals surface area contributed by atoms with Gasteiger partial charge in [-0.2, -0.15) is 13.2 Å². The Bertz CT molecular complexity index is 435. The fourth-order valence-corrected chi connectivity index (χ4v) is 1.32. The summed E-state index contributed by atoms with van der Waals surface area (Å²) in [6, 6.07) is 5.88. The van der Waals surface area contributed by atoms with Crippen LogP contribution in [-0.2, 0) is 16.0 Å². The van der Waals surface area contributed by atoms with Crippen molar-refractivity contribution in [3.63, 3.8) is 0 Å². The van der Waals surface area contributed by atoms with E-state index in [1.54, 1.807) is 0 Å². The van der Waals surface area contributed by atoms with Gasteiger partial charge in [-0.3, -0.25) is 4.79 Å². The minimum absolute atomic E-state index is 0.0141. The van der Waals surface area contributed by atoms with Crippen LogP contribution in [0.5, 0.6) is 0 Å². The van der Waals surface area contributed by atoms with Crippen LogP contribution in [0.25, 0.3) is 0 Å². The Kier molecular flexibility index (Phi) is 4.47. The van der Waals surface area contributed by atoms with Crippen LogP contribution < -0.4 is 0 Å². The van der Waals surface area contributed by atoms with E-state index in [4.69, 9.17) is 0 Å². The molecule has 1 aromatic carbocycles. The molecule has 0 aromatic heterocycles. The zero-order chi connectivity index (χ0) is 13.8. The number of aryl methyl sites for hydroxylation is 1. The third-order valence-electron chi connectivity index (χ3n) is 2.33. The zero-order valence-corrected chi connectivity index (χ0v) is 9.58. The van der Waals surface area contributed by atoms with Crippen LogP contribution >= 0.6 is 0 Å². The zero-order valence-electron chi connectivity index (χ0n) is 9.58. The van der Waals surface area contributed by atoms with Gasteiger partial charge in [0.05, 0.1) is 12.7 Å². The number of Topliss-reactive ketones (excluding diaryl/α,β-unsaturated/α-hetero) is 1. The molecule has 0 saturated heterocycles. The molecule has 0 saturated carbocycles. The Morgan fingerprint density at radius 1 is 1.17 bits per heavy atom. The second-order valence-electron chi connectivity index (χ2n) is 3.61. The summed E-state index contributed by atoms with van der Waals surface area (Å²) in [4.78, 5) is 21.8. The van der Waals surface area contributed by atoms with Crippen LogP contribution in [0.1, 0.15) is 22.3 Å². The van der Waals surface area contributed by atoms with Gasteiger partial charge in [-0.25, -0.2) is 4.79 Å². The summed E-state index contributed by atoms with van der Waals surface area (Å²) in [5.41, 5.74) is 0.864. The second kappa shape index (κ2) is 5.66. The number of carbonyl (C=O) groups excluding carboxylic acids is 2. The van der Waals surface area contributed by atoms with Gasteiger partial charge < -0.3 is 4.74 Å². The average Bonchev–Trinajstić information content (AvgIpc) is 2.34. The summed E-state index contributed by atoms with van der Waals surface area (Å²) in [6.45, 7) is 0. The normalized spacial score (nSPS) is 11.1. The number of hydrogen-bond donors (Lipinski definition) is 0. The van der Waals surface area contributed by atoms with Crippen LogP contribution in [-0.4, -0.2) is 25.0 Å². The summed E-state index contributed by atoms with van der Waals surface area (Å²) >= 11 is 0. The summed E-state index contributed by atoms with van der Waals surface area (Å²) in [6.07, 6.45) is -5.40. The molecule has 1 aromatic rings. The molecule has 3 nitrogen and oxygen atoms in total. The third kappa shape index (κ3) is 3.87. The van der Waals surface area contributed by atoms with Gasteiger partial charge in [0, 0.05) is 6.42 Å². The average molecular weight is 260 g/mol. The summed E-state index contributed by atoms with van der Waals surface area (Å²) < 4.78 is 40.3. The number of ketones is 1. The van der Waals surface area contributed by atoms with Crippen molar-refractivity contribution in [2.75, 3.05) is 7.11 Å². The number of ether oxygens (including phenoxy) is 1. The molecule has 0 bridgehead atoms. The van der Waals surface area contributed by atoms with Gasteiger partial charge in [0.25, 0.3) is 0 Å². The van der Waals surface area contributed by atoms with E-state index in [9.17, 15) is 22.8 Å². The lowest BCUT2D eigenvalue weighted by molar-refractivity contribution is -0.171. The minimum Gasteiger partial charge on any atom is -0.465 e. The van der Waals surface area contributed by atoms with Crippen molar-refractivity contribution in [3.05, 3.63) is 35.4 Å². The van der Waals surface area contributed by atoms with Crippen molar-refractivity contribution in [2.45, 2.75) is 19.0 Å². The molecule has 0 aliphatic rings. The Labute approximate surface area is 102 Å². The highest BCUT2D eigenvalue weighted by atomic mass is 19.4. The summed E-state index contributed by atoms with van der Waals surface area (Å²) in [5, 5.41) is 0. The fraction of sp³-hybridized carbons (Fsp3) is 0.333. The molecular formula is C12H11F3O3. The first-order chi connectivity index (χ1) is 8.34. The highest BCUT2D eigenvalue weighted by Gasteiger charge is 2.37. The highest BCUT2D eigenvalue weighted by Crippen LogP contribution is 2.19. The Balaban J connectivity index is 2.60. The first kappa shape index (κ1) is 14.2. The van der Waals surface area contributed by atoms with Crippen molar-refractivity contribution < 1.29 is 27.5 Å². The molecule has 0 unspecified atom stereocenters. The molecular weight excluding hydrogens is 249 g/mol. The van der Waals surface area contributed by atoms with Gasteiger partial charge in [-0.05, 0) is 24.1 Å². The molecule has 0 amide bonds. The lowest BCUT2D eigenvalue weighted by Crippen LogP contribution is -2.22. The largest absolute Gasteiger partial charge is 0.465 e. The monoisotopic (exact) mass is 260 g/mol. The molecule has 0 atom stereocenters. The van der Waals surface area contributed by atoms with Crippen molar-refractivity contribution in [1.29, 1.82) is 0 Å². The number of carbonyl (C=O) groups is 2. The predicted molar refractivity (Wildman–Crippen MR) is 57.2 cm³/mol. The van der Waals surface area contributed by atoms with E-state index in [1.165, 1.54) is 31.4 Å². The molecule has 0 aliphatic carbocycles. The van der Waals surface area contributed by atoms with Gasteiger partial charge in [-0.15, -0.1) is 0 Å². The number of alkyl halides is 3. The minimum atomic E-state index is -4.79. The molecule has 0 radical (unpaired) electrons. The molecule has 0 N–H and O–H groups in total. The first-order valence-corrected chi connectivity index (χ1v) is 5.12. The number of esters is 1. The molecule has 0 aliphatic heterocycles. The molecule has 0 fully saturated rings. The first-order valence-electron chi connectivity index (χ1n) is 5.12. The van der Waals surface area contributed by atoms with E-state index in [0.29, 0.717) is 11.1 Å². The van der Waals surface area contributed by atoms with Crippen LogP contribution in [0.15, 0.2) is 24.3 Å². The third-order valence-corrected chi connectivity index (χ3v) is 2.33. The maximum absolute atomic E-state index is 12.0. The standard InChI is InChI=1S/C12H11F3O3/c1-18-11(17)9-5-2-8(3-6-9)4-7-10(16)12(13,14)15/h2-3,5-6H,4,7H2,1H3. The van der Waals surface area contributed by atoms with Gasteiger partial charge in [-0.1, -0.05) is 12.1 Å². The predicted octanol–water partition coefficient (Wildman–Crippen LogP) is 2.54. The SMILES string of the molecule is COC(=O)c1ccc(CCC(=O)C(F)(F)F)cc1. The van der Waals surface area contributed by atoms with E-state index < -0.39 is 24.3 Å². The maximum atomic E-state index is 12.0.